The molecule has 324 valence electrons. The fourth-order valence-corrected chi connectivity index (χ4v) is 15.1. The van der Waals surface area contributed by atoms with Crippen molar-refractivity contribution in [3.63, 3.8) is 0 Å². The maximum Gasteiger partial charge on any atom is 0.141 e. The van der Waals surface area contributed by atoms with E-state index in [4.69, 9.17) is 9.47 Å². The highest BCUT2D eigenvalue weighted by atomic mass is 79.9. The fourth-order valence-electron chi connectivity index (χ4n) is 9.78. The first kappa shape index (κ1) is 48.4. The lowest BCUT2D eigenvalue weighted by atomic mass is 9.74. The summed E-state index contributed by atoms with van der Waals surface area (Å²) in [6, 6.07) is 9.15. The Balaban J connectivity index is 0.000000221. The standard InChI is InChI=1S/C25H36Br2OS2.C25H38OS2/c1-5-9-11-17(7-3)15-25(16-18(8-4)12-10-6-2)19-13-21(26)29-23(19)24-20(28-25)14-22(27)30-24;1-5-9-11-19(7-3)17-25(18-20(8-4)12-10-6-2)21-13-15-27-23(21)24-22(26-25)14-16-28-24/h13-14,17-18H,5-12,15-16H2,1-4H3;13-16,19-20H,5-12,17-18H2,1-4H3. The summed E-state index contributed by atoms with van der Waals surface area (Å²) >= 11 is 15.0. The minimum absolute atomic E-state index is 0.133. The highest BCUT2D eigenvalue weighted by molar-refractivity contribution is 9.11. The molecule has 0 bridgehead atoms. The molecule has 0 saturated carbocycles. The number of rotatable bonds is 24. The fraction of sp³-hybridized carbons (Fsp3) is 0.680. The molecule has 0 N–H and O–H groups in total. The molecule has 0 spiro atoms. The molecule has 8 heteroatoms. The highest BCUT2D eigenvalue weighted by Crippen LogP contribution is 2.59. The average molecular weight is 995 g/mol. The Labute approximate surface area is 387 Å². The van der Waals surface area contributed by atoms with E-state index in [0.29, 0.717) is 11.8 Å². The van der Waals surface area contributed by atoms with Crippen LogP contribution in [0.25, 0.3) is 19.5 Å². The molecule has 4 atom stereocenters. The zero-order valence-electron chi connectivity index (χ0n) is 37.1. The number of hydrogen-bond acceptors (Lipinski definition) is 6. The SMILES string of the molecule is CCCCC(CC)CC1(CC(CC)CCCC)Oc2cc(Br)sc2-c2sc(Br)cc21.CCCCC(CC)CC1(CC(CC)CCCC)Oc2ccsc2-c2sccc21. The molecule has 6 heterocycles. The second-order valence-electron chi connectivity index (χ2n) is 17.5. The van der Waals surface area contributed by atoms with E-state index in [9.17, 15) is 0 Å². The van der Waals surface area contributed by atoms with E-state index in [1.807, 2.05) is 34.0 Å². The zero-order valence-corrected chi connectivity index (χ0v) is 43.6. The third-order valence-corrected chi connectivity index (χ3v) is 18.7. The van der Waals surface area contributed by atoms with Crippen molar-refractivity contribution in [2.45, 2.75) is 195 Å². The Hall–Kier alpha value is -0.640. The summed E-state index contributed by atoms with van der Waals surface area (Å²) in [5, 5.41) is 4.49. The second-order valence-corrected chi connectivity index (χ2v) is 24.2. The monoisotopic (exact) mass is 992 g/mol. The molecule has 0 aromatic carbocycles. The van der Waals surface area contributed by atoms with Crippen LogP contribution >= 0.6 is 77.2 Å². The molecule has 0 fully saturated rings. The molecular weight excluding hydrogens is 921 g/mol. The van der Waals surface area contributed by atoms with Crippen molar-refractivity contribution >= 4 is 77.2 Å². The summed E-state index contributed by atoms with van der Waals surface area (Å²) in [4.78, 5) is 5.55. The zero-order chi connectivity index (χ0) is 41.7. The van der Waals surface area contributed by atoms with Crippen molar-refractivity contribution in [2.24, 2.45) is 23.7 Å². The van der Waals surface area contributed by atoms with E-state index in [-0.39, 0.29) is 11.2 Å². The number of hydrogen-bond donors (Lipinski definition) is 0. The van der Waals surface area contributed by atoms with Gasteiger partial charge in [0.05, 0.1) is 27.1 Å². The Morgan fingerprint density at radius 3 is 1.38 bits per heavy atom. The largest absolute Gasteiger partial charge is 0.481 e. The summed E-state index contributed by atoms with van der Waals surface area (Å²) in [6.07, 6.45) is 25.3. The number of thiophene rings is 4. The molecule has 2 aliphatic rings. The predicted octanol–water partition coefficient (Wildman–Crippen LogP) is 20.1. The summed E-state index contributed by atoms with van der Waals surface area (Å²) < 4.78 is 16.4. The van der Waals surface area contributed by atoms with E-state index in [0.717, 1.165) is 40.0 Å². The first-order valence-corrected chi connectivity index (χ1v) is 28.2. The van der Waals surface area contributed by atoms with Crippen LogP contribution < -0.4 is 9.47 Å². The summed E-state index contributed by atoms with van der Waals surface area (Å²) in [6.45, 7) is 18.7. The minimum atomic E-state index is -0.200. The van der Waals surface area contributed by atoms with Gasteiger partial charge in [0, 0.05) is 17.2 Å². The minimum Gasteiger partial charge on any atom is -0.481 e. The van der Waals surface area contributed by atoms with Crippen LogP contribution in [0.3, 0.4) is 0 Å². The third kappa shape index (κ3) is 11.9. The van der Waals surface area contributed by atoms with Gasteiger partial charge in [0.25, 0.3) is 0 Å². The van der Waals surface area contributed by atoms with E-state index in [2.05, 4.69) is 122 Å². The van der Waals surface area contributed by atoms with Gasteiger partial charge >= 0.3 is 0 Å². The van der Waals surface area contributed by atoms with E-state index in [1.54, 1.807) is 11.3 Å². The normalized spacial score (nSPS) is 20.0. The summed E-state index contributed by atoms with van der Waals surface area (Å²) in [7, 11) is 0. The molecule has 0 aliphatic carbocycles. The van der Waals surface area contributed by atoms with Crippen molar-refractivity contribution in [2.75, 3.05) is 0 Å². The summed E-state index contributed by atoms with van der Waals surface area (Å²) in [5.41, 5.74) is 2.59. The van der Waals surface area contributed by atoms with E-state index in [1.165, 1.54) is 150 Å². The Morgan fingerprint density at radius 2 is 0.897 bits per heavy atom. The van der Waals surface area contributed by atoms with Gasteiger partial charge in [-0.3, -0.25) is 0 Å². The van der Waals surface area contributed by atoms with Gasteiger partial charge in [0.1, 0.15) is 22.7 Å². The number of fused-ring (bicyclic) bond motifs is 6. The average Bonchev–Trinajstić information content (AvgIpc) is 4.05. The van der Waals surface area contributed by atoms with Crippen molar-refractivity contribution < 1.29 is 9.47 Å². The van der Waals surface area contributed by atoms with Gasteiger partial charge in [-0.15, -0.1) is 45.3 Å². The van der Waals surface area contributed by atoms with Gasteiger partial charge in [0.2, 0.25) is 0 Å². The smallest absolute Gasteiger partial charge is 0.141 e. The van der Waals surface area contributed by atoms with Crippen molar-refractivity contribution in [3.05, 3.63) is 53.7 Å². The lowest BCUT2D eigenvalue weighted by Crippen LogP contribution is -2.39. The lowest BCUT2D eigenvalue weighted by Gasteiger charge is -2.42. The van der Waals surface area contributed by atoms with Gasteiger partial charge in [0.15, 0.2) is 0 Å². The van der Waals surface area contributed by atoms with Crippen LogP contribution in [-0.4, -0.2) is 0 Å². The van der Waals surface area contributed by atoms with Crippen molar-refractivity contribution in [3.8, 4) is 31.0 Å². The van der Waals surface area contributed by atoms with Crippen LogP contribution in [0.4, 0.5) is 0 Å². The van der Waals surface area contributed by atoms with Gasteiger partial charge in [-0.1, -0.05) is 158 Å². The molecule has 0 saturated heterocycles. The Kier molecular flexibility index (Phi) is 19.8. The Morgan fingerprint density at radius 1 is 0.483 bits per heavy atom. The van der Waals surface area contributed by atoms with Gasteiger partial charge < -0.3 is 9.47 Å². The molecule has 4 aromatic heterocycles. The predicted molar refractivity (Wildman–Crippen MR) is 267 cm³/mol. The quantitative estimate of drug-likeness (QED) is 0.0696. The molecule has 4 aromatic rings. The second kappa shape index (κ2) is 23.7. The maximum atomic E-state index is 7.07. The first-order valence-electron chi connectivity index (χ1n) is 23.3. The van der Waals surface area contributed by atoms with Crippen LogP contribution in [0.15, 0.2) is 42.6 Å². The molecular formula is C50H74Br2O2S4. The molecule has 0 radical (unpaired) electrons. The van der Waals surface area contributed by atoms with Crippen molar-refractivity contribution in [1.29, 1.82) is 0 Å². The molecule has 4 unspecified atom stereocenters. The van der Waals surface area contributed by atoms with Gasteiger partial charge in [-0.05, 0) is 110 Å². The molecule has 6 rings (SSSR count). The van der Waals surface area contributed by atoms with Crippen LogP contribution in [0.1, 0.15) is 195 Å². The highest BCUT2D eigenvalue weighted by Gasteiger charge is 2.46. The van der Waals surface area contributed by atoms with Crippen LogP contribution in [-0.2, 0) is 11.2 Å². The molecule has 2 aliphatic heterocycles. The number of halogens is 2. The topological polar surface area (TPSA) is 18.5 Å². The molecule has 58 heavy (non-hydrogen) atoms. The van der Waals surface area contributed by atoms with Crippen LogP contribution in [0, 0.1) is 23.7 Å². The van der Waals surface area contributed by atoms with Crippen LogP contribution in [0.2, 0.25) is 0 Å². The maximum absolute atomic E-state index is 7.07. The van der Waals surface area contributed by atoms with Crippen LogP contribution in [0.5, 0.6) is 11.5 Å². The summed E-state index contributed by atoms with van der Waals surface area (Å²) in [5.74, 6) is 5.14. The third-order valence-electron chi connectivity index (χ3n) is 13.3. The lowest BCUT2D eigenvalue weighted by molar-refractivity contribution is 0.00776. The van der Waals surface area contributed by atoms with Gasteiger partial charge in [-0.2, -0.15) is 0 Å². The first-order chi connectivity index (χ1) is 28.1. The molecule has 2 nitrogen and oxygen atoms in total. The van der Waals surface area contributed by atoms with Crippen molar-refractivity contribution in [1.82, 2.24) is 0 Å². The number of ether oxygens (including phenoxy) is 2. The Bertz CT molecular complexity index is 1750. The van der Waals surface area contributed by atoms with E-state index >= 15 is 0 Å². The van der Waals surface area contributed by atoms with E-state index < -0.39 is 0 Å². The number of unbranched alkanes of at least 4 members (excludes halogenated alkanes) is 4. The molecule has 0 amide bonds. The van der Waals surface area contributed by atoms with Gasteiger partial charge in [-0.25, -0.2) is 0 Å².